The Kier molecular flexibility index (Phi) is 9.38. The van der Waals surface area contributed by atoms with Crippen molar-refractivity contribution in [3.63, 3.8) is 0 Å². The van der Waals surface area contributed by atoms with Gasteiger partial charge in [0.2, 0.25) is 5.43 Å². The van der Waals surface area contributed by atoms with E-state index < -0.39 is 17.2 Å². The molecule has 0 aromatic carbocycles. The molecule has 0 atom stereocenters. The summed E-state index contributed by atoms with van der Waals surface area (Å²) in [7, 11) is 1.54. The van der Waals surface area contributed by atoms with Crippen LogP contribution in [0.4, 0.5) is 0 Å². The molecule has 0 bridgehead atoms. The lowest BCUT2D eigenvalue weighted by molar-refractivity contribution is 0.0934. The minimum atomic E-state index is -0.526. The highest BCUT2D eigenvalue weighted by atomic mass is 16.5. The lowest BCUT2D eigenvalue weighted by atomic mass is 9.89. The summed E-state index contributed by atoms with van der Waals surface area (Å²) in [5.74, 6) is 0.0612. The van der Waals surface area contributed by atoms with E-state index in [1.807, 2.05) is 0 Å². The molecular formula is C22H35N3O4. The van der Waals surface area contributed by atoms with Crippen LogP contribution in [0.25, 0.3) is 0 Å². The summed E-state index contributed by atoms with van der Waals surface area (Å²) >= 11 is 0. The fraction of sp³-hybridized carbons (Fsp3) is 0.682. The molecule has 1 fully saturated rings. The van der Waals surface area contributed by atoms with Gasteiger partial charge in [0, 0.05) is 39.1 Å². The highest BCUT2D eigenvalue weighted by Gasteiger charge is 2.21. The summed E-state index contributed by atoms with van der Waals surface area (Å²) in [6.07, 6.45) is 9.88. The molecule has 0 saturated heterocycles. The fourth-order valence-electron chi connectivity index (χ4n) is 3.58. The molecule has 1 saturated carbocycles. The van der Waals surface area contributed by atoms with Crippen LogP contribution in [0.3, 0.4) is 0 Å². The van der Waals surface area contributed by atoms with Gasteiger partial charge in [0.05, 0.1) is 6.61 Å². The van der Waals surface area contributed by atoms with Gasteiger partial charge < -0.3 is 19.9 Å². The van der Waals surface area contributed by atoms with Crippen molar-refractivity contribution in [2.75, 3.05) is 26.8 Å². The Bertz CT molecular complexity index is 736. The summed E-state index contributed by atoms with van der Waals surface area (Å²) in [5, 5.41) is 5.59. The van der Waals surface area contributed by atoms with Crippen molar-refractivity contribution in [1.82, 2.24) is 15.2 Å². The molecule has 0 aliphatic heterocycles. The summed E-state index contributed by atoms with van der Waals surface area (Å²) in [4.78, 5) is 38.1. The summed E-state index contributed by atoms with van der Waals surface area (Å²) in [6.45, 7) is 6.10. The Morgan fingerprint density at radius 2 is 1.72 bits per heavy atom. The van der Waals surface area contributed by atoms with E-state index in [4.69, 9.17) is 4.74 Å². The van der Waals surface area contributed by atoms with Crippen molar-refractivity contribution >= 4 is 11.8 Å². The van der Waals surface area contributed by atoms with Gasteiger partial charge in [-0.15, -0.1) is 0 Å². The molecule has 2 N–H and O–H groups in total. The van der Waals surface area contributed by atoms with Crippen LogP contribution in [-0.2, 0) is 11.3 Å². The van der Waals surface area contributed by atoms with Crippen LogP contribution in [0.15, 0.2) is 17.2 Å². The van der Waals surface area contributed by atoms with Crippen molar-refractivity contribution < 1.29 is 14.3 Å². The number of methoxy groups -OCH3 is 1. The number of aryl methyl sites for hydroxylation is 1. The van der Waals surface area contributed by atoms with E-state index >= 15 is 0 Å². The van der Waals surface area contributed by atoms with Gasteiger partial charge in [0.1, 0.15) is 11.1 Å². The molecule has 1 aliphatic carbocycles. The molecule has 1 aromatic rings. The summed E-state index contributed by atoms with van der Waals surface area (Å²) in [5.41, 5.74) is -0.499. The molecule has 29 heavy (non-hydrogen) atoms. The third-order valence-corrected chi connectivity index (χ3v) is 5.40. The van der Waals surface area contributed by atoms with Gasteiger partial charge in [-0.2, -0.15) is 0 Å². The van der Waals surface area contributed by atoms with Gasteiger partial charge in [-0.25, -0.2) is 0 Å². The van der Waals surface area contributed by atoms with Crippen LogP contribution in [0.5, 0.6) is 0 Å². The average Bonchev–Trinajstić information content (AvgIpc) is 2.72. The van der Waals surface area contributed by atoms with E-state index in [9.17, 15) is 14.4 Å². The smallest absolute Gasteiger partial charge is 0.256 e. The zero-order valence-corrected chi connectivity index (χ0v) is 18.0. The van der Waals surface area contributed by atoms with Crippen LogP contribution in [-0.4, -0.2) is 43.2 Å². The minimum absolute atomic E-state index is 0.00447. The first-order valence-electron chi connectivity index (χ1n) is 10.7. The lowest BCUT2D eigenvalue weighted by Gasteiger charge is -2.21. The van der Waals surface area contributed by atoms with Crippen LogP contribution in [0.2, 0.25) is 0 Å². The molecule has 162 valence electrons. The molecular weight excluding hydrogens is 370 g/mol. The van der Waals surface area contributed by atoms with Crippen molar-refractivity contribution in [2.45, 2.75) is 58.9 Å². The number of hydrogen-bond donors (Lipinski definition) is 2. The fourth-order valence-corrected chi connectivity index (χ4v) is 3.58. The van der Waals surface area contributed by atoms with Gasteiger partial charge in [0.15, 0.2) is 0 Å². The van der Waals surface area contributed by atoms with E-state index in [0.29, 0.717) is 38.1 Å². The monoisotopic (exact) mass is 405 g/mol. The topological polar surface area (TPSA) is 89.4 Å². The first kappa shape index (κ1) is 23.1. The second-order valence-corrected chi connectivity index (χ2v) is 8.30. The number of nitrogens with zero attached hydrogens (tertiary/aromatic N) is 1. The standard InChI is InChI=1S/C22H35N3O4/c1-16(2)9-11-25-14-18(21(27)23-10-12-29-3)20(26)19(15-25)22(28)24-13-17-7-5-4-6-8-17/h14-17H,4-13H2,1-3H3,(H,23,27)(H,24,28). The second kappa shape index (κ2) is 11.8. The van der Waals surface area contributed by atoms with Gasteiger partial charge in [-0.05, 0) is 31.1 Å². The largest absolute Gasteiger partial charge is 0.383 e. The Hall–Kier alpha value is -2.15. The van der Waals surface area contributed by atoms with E-state index in [-0.39, 0.29) is 11.1 Å². The van der Waals surface area contributed by atoms with Crippen LogP contribution >= 0.6 is 0 Å². The Morgan fingerprint density at radius 3 is 2.31 bits per heavy atom. The van der Waals surface area contributed by atoms with Crippen molar-refractivity contribution in [2.24, 2.45) is 11.8 Å². The van der Waals surface area contributed by atoms with Crippen molar-refractivity contribution in [3.8, 4) is 0 Å². The molecule has 0 radical (unpaired) electrons. The average molecular weight is 406 g/mol. The van der Waals surface area contributed by atoms with Crippen LogP contribution < -0.4 is 16.1 Å². The number of amides is 2. The molecule has 0 spiro atoms. The van der Waals surface area contributed by atoms with E-state index in [0.717, 1.165) is 19.3 Å². The first-order valence-corrected chi connectivity index (χ1v) is 10.7. The summed E-state index contributed by atoms with van der Waals surface area (Å²) < 4.78 is 6.72. The molecule has 7 heteroatoms. The normalized spacial score (nSPS) is 14.8. The number of hydrogen-bond acceptors (Lipinski definition) is 4. The van der Waals surface area contributed by atoms with Crippen molar-refractivity contribution in [3.05, 3.63) is 33.7 Å². The third-order valence-electron chi connectivity index (χ3n) is 5.40. The predicted octanol–water partition coefficient (Wildman–Crippen LogP) is 2.58. The number of aromatic nitrogens is 1. The number of rotatable bonds is 10. The van der Waals surface area contributed by atoms with E-state index in [2.05, 4.69) is 24.5 Å². The lowest BCUT2D eigenvalue weighted by Crippen LogP contribution is -2.37. The van der Waals surface area contributed by atoms with Gasteiger partial charge in [-0.3, -0.25) is 14.4 Å². The highest BCUT2D eigenvalue weighted by molar-refractivity contribution is 5.99. The number of ether oxygens (including phenoxy) is 1. The number of carbonyl (C=O) groups excluding carboxylic acids is 2. The van der Waals surface area contributed by atoms with Gasteiger partial charge in [0.25, 0.3) is 11.8 Å². The maximum absolute atomic E-state index is 12.9. The molecule has 1 aliphatic rings. The number of pyridine rings is 1. The highest BCUT2D eigenvalue weighted by Crippen LogP contribution is 2.22. The maximum Gasteiger partial charge on any atom is 0.256 e. The molecule has 1 heterocycles. The SMILES string of the molecule is COCCNC(=O)c1cn(CCC(C)C)cc(C(=O)NCC2CCCCC2)c1=O. The summed E-state index contributed by atoms with van der Waals surface area (Å²) in [6, 6.07) is 0. The second-order valence-electron chi connectivity index (χ2n) is 8.30. The Labute approximate surface area is 173 Å². The molecule has 2 rings (SSSR count). The molecule has 0 unspecified atom stereocenters. The van der Waals surface area contributed by atoms with E-state index in [1.165, 1.54) is 19.3 Å². The zero-order valence-electron chi connectivity index (χ0n) is 18.0. The van der Waals surface area contributed by atoms with Crippen LogP contribution in [0.1, 0.15) is 73.1 Å². The minimum Gasteiger partial charge on any atom is -0.383 e. The molecule has 1 aromatic heterocycles. The molecule has 7 nitrogen and oxygen atoms in total. The number of nitrogens with one attached hydrogen (secondary N) is 2. The van der Waals surface area contributed by atoms with Crippen LogP contribution in [0, 0.1) is 11.8 Å². The zero-order chi connectivity index (χ0) is 21.2. The van der Waals surface area contributed by atoms with Crippen molar-refractivity contribution in [1.29, 1.82) is 0 Å². The Balaban J connectivity index is 2.19. The number of carbonyl (C=O) groups is 2. The first-order chi connectivity index (χ1) is 13.9. The maximum atomic E-state index is 12.9. The predicted molar refractivity (Wildman–Crippen MR) is 113 cm³/mol. The van der Waals surface area contributed by atoms with Gasteiger partial charge >= 0.3 is 0 Å². The van der Waals surface area contributed by atoms with Gasteiger partial charge in [-0.1, -0.05) is 33.1 Å². The quantitative estimate of drug-likeness (QED) is 0.586. The third kappa shape index (κ3) is 7.31. The Morgan fingerprint density at radius 1 is 1.10 bits per heavy atom. The molecule has 2 amide bonds. The van der Waals surface area contributed by atoms with E-state index in [1.54, 1.807) is 24.1 Å².